The highest BCUT2D eigenvalue weighted by molar-refractivity contribution is 5.41. The minimum atomic E-state index is 0.0948. The number of nitrogens with zero attached hydrogens (tertiary/aromatic N) is 1. The van der Waals surface area contributed by atoms with Gasteiger partial charge in [-0.25, -0.2) is 0 Å². The third kappa shape index (κ3) is 4.05. The van der Waals surface area contributed by atoms with Crippen LogP contribution in [-0.2, 0) is 0 Å². The molecule has 1 heterocycles. The predicted octanol–water partition coefficient (Wildman–Crippen LogP) is 3.88. The highest BCUT2D eigenvalue weighted by atomic mass is 16.5. The van der Waals surface area contributed by atoms with Crippen LogP contribution >= 0.6 is 0 Å². The average Bonchev–Trinajstić information content (AvgIpc) is 2.45. The van der Waals surface area contributed by atoms with Gasteiger partial charge in [-0.1, -0.05) is 31.2 Å². The highest BCUT2D eigenvalue weighted by Gasteiger charge is 2.18. The molecule has 1 aromatic carbocycles. The van der Waals surface area contributed by atoms with Gasteiger partial charge in [0.25, 0.3) is 0 Å². The molecule has 0 radical (unpaired) electrons. The quantitative estimate of drug-likeness (QED) is 0.874. The molecular weight excluding hydrogens is 260 g/mol. The Bertz CT molecular complexity index is 581. The second-order valence-corrected chi connectivity index (χ2v) is 5.49. The molecule has 0 bridgehead atoms. The Balaban J connectivity index is 2.43. The summed E-state index contributed by atoms with van der Waals surface area (Å²) in [6.45, 7) is 9.16. The molecule has 21 heavy (non-hydrogen) atoms. The highest BCUT2D eigenvalue weighted by Crippen LogP contribution is 2.30. The van der Waals surface area contributed by atoms with Crippen molar-refractivity contribution in [2.45, 2.75) is 39.8 Å². The maximum absolute atomic E-state index is 5.96. The molecule has 112 valence electrons. The van der Waals surface area contributed by atoms with Crippen LogP contribution in [0, 0.1) is 6.92 Å². The van der Waals surface area contributed by atoms with Crippen LogP contribution in [-0.4, -0.2) is 17.6 Å². The molecule has 1 unspecified atom stereocenters. The molecule has 3 heteroatoms. The van der Waals surface area contributed by atoms with Crippen molar-refractivity contribution in [3.8, 4) is 5.75 Å². The van der Waals surface area contributed by atoms with Gasteiger partial charge in [-0.05, 0) is 44.5 Å². The number of pyridine rings is 1. The molecule has 2 rings (SSSR count). The lowest BCUT2D eigenvalue weighted by atomic mass is 9.98. The summed E-state index contributed by atoms with van der Waals surface area (Å²) in [7, 11) is 0. The number of ether oxygens (including phenoxy) is 1. The van der Waals surface area contributed by atoms with Crippen molar-refractivity contribution in [1.29, 1.82) is 0 Å². The SMILES string of the molecule is CCNC(c1cncc(C)c1)c1ccccc1OC(C)C. The topological polar surface area (TPSA) is 34.2 Å². The van der Waals surface area contributed by atoms with Gasteiger partial charge in [0, 0.05) is 18.0 Å². The van der Waals surface area contributed by atoms with E-state index in [-0.39, 0.29) is 12.1 Å². The van der Waals surface area contributed by atoms with Crippen LogP contribution in [0.5, 0.6) is 5.75 Å². The molecule has 0 saturated heterocycles. The maximum atomic E-state index is 5.96. The van der Waals surface area contributed by atoms with E-state index in [4.69, 9.17) is 4.74 Å². The number of benzene rings is 1. The Kier molecular flexibility index (Phi) is 5.34. The zero-order valence-electron chi connectivity index (χ0n) is 13.3. The number of para-hydroxylation sites is 1. The lowest BCUT2D eigenvalue weighted by molar-refractivity contribution is 0.238. The molecular formula is C18H24N2O. The van der Waals surface area contributed by atoms with Gasteiger partial charge in [-0.15, -0.1) is 0 Å². The molecule has 0 fully saturated rings. The first-order valence-corrected chi connectivity index (χ1v) is 7.52. The van der Waals surface area contributed by atoms with Crippen LogP contribution in [0.2, 0.25) is 0 Å². The van der Waals surface area contributed by atoms with Crippen LogP contribution in [0.25, 0.3) is 0 Å². The van der Waals surface area contributed by atoms with E-state index >= 15 is 0 Å². The van der Waals surface area contributed by atoms with Crippen molar-refractivity contribution in [2.75, 3.05) is 6.54 Å². The lowest BCUT2D eigenvalue weighted by Crippen LogP contribution is -2.23. The smallest absolute Gasteiger partial charge is 0.124 e. The van der Waals surface area contributed by atoms with Gasteiger partial charge in [0.15, 0.2) is 0 Å². The second-order valence-electron chi connectivity index (χ2n) is 5.49. The summed E-state index contributed by atoms with van der Waals surface area (Å²) < 4.78 is 5.96. The minimum Gasteiger partial charge on any atom is -0.491 e. The van der Waals surface area contributed by atoms with Crippen molar-refractivity contribution < 1.29 is 4.74 Å². The van der Waals surface area contributed by atoms with E-state index in [1.54, 1.807) is 0 Å². The normalized spacial score (nSPS) is 12.4. The van der Waals surface area contributed by atoms with Gasteiger partial charge in [-0.2, -0.15) is 0 Å². The Morgan fingerprint density at radius 1 is 1.19 bits per heavy atom. The van der Waals surface area contributed by atoms with E-state index < -0.39 is 0 Å². The third-order valence-corrected chi connectivity index (χ3v) is 3.23. The van der Waals surface area contributed by atoms with Crippen molar-refractivity contribution in [3.05, 3.63) is 59.4 Å². The molecule has 1 atom stereocenters. The van der Waals surface area contributed by atoms with Crippen LogP contribution < -0.4 is 10.1 Å². The zero-order chi connectivity index (χ0) is 15.2. The molecule has 0 saturated carbocycles. The molecule has 0 aliphatic rings. The molecule has 0 aliphatic carbocycles. The summed E-state index contributed by atoms with van der Waals surface area (Å²) in [5.74, 6) is 0.931. The van der Waals surface area contributed by atoms with Gasteiger partial charge in [-0.3, -0.25) is 4.98 Å². The van der Waals surface area contributed by atoms with Gasteiger partial charge < -0.3 is 10.1 Å². The van der Waals surface area contributed by atoms with Crippen molar-refractivity contribution in [2.24, 2.45) is 0 Å². The predicted molar refractivity (Wildman–Crippen MR) is 86.7 cm³/mol. The van der Waals surface area contributed by atoms with Crippen LogP contribution in [0.1, 0.15) is 43.5 Å². The van der Waals surface area contributed by atoms with Crippen molar-refractivity contribution in [3.63, 3.8) is 0 Å². The Morgan fingerprint density at radius 3 is 2.62 bits per heavy atom. The van der Waals surface area contributed by atoms with E-state index in [2.05, 4.69) is 42.3 Å². The van der Waals surface area contributed by atoms with Gasteiger partial charge in [0.1, 0.15) is 5.75 Å². The first kappa shape index (κ1) is 15.5. The van der Waals surface area contributed by atoms with Crippen molar-refractivity contribution >= 4 is 0 Å². The van der Waals surface area contributed by atoms with Gasteiger partial charge >= 0.3 is 0 Å². The van der Waals surface area contributed by atoms with Crippen LogP contribution in [0.4, 0.5) is 0 Å². The van der Waals surface area contributed by atoms with E-state index in [0.29, 0.717) is 0 Å². The van der Waals surface area contributed by atoms with Crippen LogP contribution in [0.3, 0.4) is 0 Å². The summed E-state index contributed by atoms with van der Waals surface area (Å²) in [4.78, 5) is 4.32. The van der Waals surface area contributed by atoms with Crippen molar-refractivity contribution in [1.82, 2.24) is 10.3 Å². The number of aromatic nitrogens is 1. The molecule has 3 nitrogen and oxygen atoms in total. The Labute approximate surface area is 127 Å². The van der Waals surface area contributed by atoms with E-state index in [0.717, 1.165) is 29.0 Å². The van der Waals surface area contributed by atoms with Gasteiger partial charge in [0.05, 0.1) is 12.1 Å². The second kappa shape index (κ2) is 7.23. The first-order valence-electron chi connectivity index (χ1n) is 7.52. The zero-order valence-corrected chi connectivity index (χ0v) is 13.3. The van der Waals surface area contributed by atoms with E-state index in [9.17, 15) is 0 Å². The number of hydrogen-bond donors (Lipinski definition) is 1. The maximum Gasteiger partial charge on any atom is 0.124 e. The molecule has 0 amide bonds. The fraction of sp³-hybridized carbons (Fsp3) is 0.389. The molecule has 1 N–H and O–H groups in total. The van der Waals surface area contributed by atoms with E-state index in [1.165, 1.54) is 0 Å². The van der Waals surface area contributed by atoms with Gasteiger partial charge in [0.2, 0.25) is 0 Å². The largest absolute Gasteiger partial charge is 0.491 e. The van der Waals surface area contributed by atoms with E-state index in [1.807, 2.05) is 38.4 Å². The van der Waals surface area contributed by atoms with Crippen LogP contribution in [0.15, 0.2) is 42.7 Å². The molecule has 0 spiro atoms. The Morgan fingerprint density at radius 2 is 1.95 bits per heavy atom. The molecule has 1 aromatic heterocycles. The number of hydrogen-bond acceptors (Lipinski definition) is 3. The molecule has 2 aromatic rings. The average molecular weight is 284 g/mol. The molecule has 0 aliphatic heterocycles. The fourth-order valence-corrected chi connectivity index (χ4v) is 2.43. The summed E-state index contributed by atoms with van der Waals surface area (Å²) in [5, 5.41) is 3.54. The summed E-state index contributed by atoms with van der Waals surface area (Å²) >= 11 is 0. The number of nitrogens with one attached hydrogen (secondary N) is 1. The summed E-state index contributed by atoms with van der Waals surface area (Å²) in [6, 6.07) is 10.5. The fourth-order valence-electron chi connectivity index (χ4n) is 2.43. The monoisotopic (exact) mass is 284 g/mol. The number of aryl methyl sites for hydroxylation is 1. The Hall–Kier alpha value is -1.87. The third-order valence-electron chi connectivity index (χ3n) is 3.23. The first-order chi connectivity index (χ1) is 10.1. The summed E-state index contributed by atoms with van der Waals surface area (Å²) in [5.41, 5.74) is 3.48. The summed E-state index contributed by atoms with van der Waals surface area (Å²) in [6.07, 6.45) is 3.96. The number of rotatable bonds is 6. The minimum absolute atomic E-state index is 0.0948. The lowest BCUT2D eigenvalue weighted by Gasteiger charge is -2.23. The standard InChI is InChI=1S/C18H24N2O/c1-5-20-18(15-10-14(4)11-19-12-15)16-8-6-7-9-17(16)21-13(2)3/h6-13,18,20H,5H2,1-4H3.